The zero-order chi connectivity index (χ0) is 18.1. The summed E-state index contributed by atoms with van der Waals surface area (Å²) in [5.41, 5.74) is 1.26. The summed E-state index contributed by atoms with van der Waals surface area (Å²) in [5.74, 6) is 3.07. The number of hydrogen-bond donors (Lipinski definition) is 2. The predicted octanol–water partition coefficient (Wildman–Crippen LogP) is 2.38. The Bertz CT molecular complexity index is 669. The maximum absolute atomic E-state index is 5.70. The van der Waals surface area contributed by atoms with Gasteiger partial charge in [0, 0.05) is 20.6 Å². The Kier molecular flexibility index (Phi) is 10.0. The van der Waals surface area contributed by atoms with Crippen molar-refractivity contribution < 1.29 is 4.74 Å². The molecule has 1 aromatic heterocycles. The van der Waals surface area contributed by atoms with E-state index in [1.54, 1.807) is 18.1 Å². The van der Waals surface area contributed by atoms with Crippen LogP contribution in [-0.4, -0.2) is 40.9 Å². The highest BCUT2D eigenvalue weighted by Gasteiger charge is 2.03. The quantitative estimate of drug-likeness (QED) is 0.351. The summed E-state index contributed by atoms with van der Waals surface area (Å²) in [6.45, 7) is 6.41. The Balaban J connectivity index is 0.00000338. The summed E-state index contributed by atoms with van der Waals surface area (Å²) in [4.78, 5) is 8.40. The normalized spacial score (nSPS) is 11.2. The third-order valence-corrected chi connectivity index (χ3v) is 3.66. The van der Waals surface area contributed by atoms with Gasteiger partial charge in [0.2, 0.25) is 0 Å². The van der Waals surface area contributed by atoms with Gasteiger partial charge in [0.25, 0.3) is 0 Å². The van der Waals surface area contributed by atoms with Crippen molar-refractivity contribution in [3.8, 4) is 5.75 Å². The van der Waals surface area contributed by atoms with Gasteiger partial charge in [0.05, 0.1) is 13.2 Å². The average molecular weight is 472 g/mol. The predicted molar refractivity (Wildman–Crippen MR) is 115 cm³/mol. The molecule has 1 heterocycles. The molecule has 2 rings (SSSR count). The molecular weight excluding hydrogens is 443 g/mol. The van der Waals surface area contributed by atoms with Crippen LogP contribution in [0, 0.1) is 5.92 Å². The fourth-order valence-electron chi connectivity index (χ4n) is 2.20. The molecule has 0 aliphatic carbocycles. The minimum atomic E-state index is 0. The Morgan fingerprint density at radius 1 is 1.23 bits per heavy atom. The molecule has 0 amide bonds. The van der Waals surface area contributed by atoms with Crippen molar-refractivity contribution in [2.75, 3.05) is 20.2 Å². The molecule has 144 valence electrons. The number of guanidine groups is 1. The SMILES string of the molecule is CN=C(NCCc1ccc(OCC(C)C)cc1)NCc1ncnn1C.I. The van der Waals surface area contributed by atoms with Crippen molar-refractivity contribution in [3.05, 3.63) is 42.0 Å². The number of benzene rings is 1. The van der Waals surface area contributed by atoms with E-state index < -0.39 is 0 Å². The molecule has 2 aromatic rings. The van der Waals surface area contributed by atoms with E-state index >= 15 is 0 Å². The van der Waals surface area contributed by atoms with Crippen LogP contribution in [0.3, 0.4) is 0 Å². The number of rotatable bonds is 8. The van der Waals surface area contributed by atoms with Crippen LogP contribution in [0.1, 0.15) is 25.2 Å². The highest BCUT2D eigenvalue weighted by molar-refractivity contribution is 14.0. The van der Waals surface area contributed by atoms with E-state index in [4.69, 9.17) is 4.74 Å². The zero-order valence-electron chi connectivity index (χ0n) is 15.9. The first-order valence-corrected chi connectivity index (χ1v) is 8.57. The van der Waals surface area contributed by atoms with Crippen molar-refractivity contribution in [1.82, 2.24) is 25.4 Å². The van der Waals surface area contributed by atoms with E-state index in [-0.39, 0.29) is 24.0 Å². The van der Waals surface area contributed by atoms with E-state index in [2.05, 4.69) is 51.7 Å². The van der Waals surface area contributed by atoms with E-state index in [1.165, 1.54) is 5.56 Å². The second kappa shape index (κ2) is 11.7. The third kappa shape index (κ3) is 7.59. The van der Waals surface area contributed by atoms with Gasteiger partial charge < -0.3 is 15.4 Å². The first kappa shape index (κ1) is 22.2. The van der Waals surface area contributed by atoms with Gasteiger partial charge in [0.1, 0.15) is 17.9 Å². The van der Waals surface area contributed by atoms with E-state index in [1.807, 2.05) is 19.2 Å². The Morgan fingerprint density at radius 3 is 2.54 bits per heavy atom. The first-order chi connectivity index (χ1) is 12.1. The molecule has 0 aliphatic heterocycles. The van der Waals surface area contributed by atoms with Crippen LogP contribution in [0.4, 0.5) is 0 Å². The maximum atomic E-state index is 5.70. The lowest BCUT2D eigenvalue weighted by Crippen LogP contribution is -2.38. The maximum Gasteiger partial charge on any atom is 0.191 e. The van der Waals surface area contributed by atoms with Crippen LogP contribution < -0.4 is 15.4 Å². The monoisotopic (exact) mass is 472 g/mol. The third-order valence-electron chi connectivity index (χ3n) is 3.66. The average Bonchev–Trinajstić information content (AvgIpc) is 3.02. The first-order valence-electron chi connectivity index (χ1n) is 8.57. The van der Waals surface area contributed by atoms with Crippen LogP contribution in [0.2, 0.25) is 0 Å². The molecular formula is C18H29IN6O. The molecule has 0 aliphatic rings. The van der Waals surface area contributed by atoms with Gasteiger partial charge in [0.15, 0.2) is 5.96 Å². The fourth-order valence-corrected chi connectivity index (χ4v) is 2.20. The van der Waals surface area contributed by atoms with Crippen molar-refractivity contribution in [3.63, 3.8) is 0 Å². The smallest absolute Gasteiger partial charge is 0.191 e. The zero-order valence-corrected chi connectivity index (χ0v) is 18.2. The summed E-state index contributed by atoms with van der Waals surface area (Å²) >= 11 is 0. The number of aromatic nitrogens is 3. The van der Waals surface area contributed by atoms with Crippen molar-refractivity contribution in [1.29, 1.82) is 0 Å². The molecule has 0 radical (unpaired) electrons. The molecule has 0 fully saturated rings. The number of nitrogens with one attached hydrogen (secondary N) is 2. The molecule has 0 spiro atoms. The molecule has 7 nitrogen and oxygen atoms in total. The Hall–Kier alpha value is -1.84. The van der Waals surface area contributed by atoms with Gasteiger partial charge in [-0.05, 0) is 30.0 Å². The number of ether oxygens (including phenoxy) is 1. The van der Waals surface area contributed by atoms with Crippen molar-refractivity contribution in [2.45, 2.75) is 26.8 Å². The lowest BCUT2D eigenvalue weighted by molar-refractivity contribution is 0.271. The summed E-state index contributed by atoms with van der Waals surface area (Å²) < 4.78 is 7.44. The summed E-state index contributed by atoms with van der Waals surface area (Å²) in [6.07, 6.45) is 2.46. The van der Waals surface area contributed by atoms with Gasteiger partial charge in [-0.1, -0.05) is 26.0 Å². The summed E-state index contributed by atoms with van der Waals surface area (Å²) in [7, 11) is 3.63. The van der Waals surface area contributed by atoms with Crippen LogP contribution in [0.15, 0.2) is 35.6 Å². The van der Waals surface area contributed by atoms with Crippen LogP contribution >= 0.6 is 24.0 Å². The molecule has 0 atom stereocenters. The van der Waals surface area contributed by atoms with Gasteiger partial charge in [-0.2, -0.15) is 5.10 Å². The topological polar surface area (TPSA) is 76.4 Å². The molecule has 8 heteroatoms. The summed E-state index contributed by atoms with van der Waals surface area (Å²) in [5, 5.41) is 10.6. The van der Waals surface area contributed by atoms with E-state index in [0.717, 1.165) is 37.1 Å². The van der Waals surface area contributed by atoms with Crippen LogP contribution in [0.5, 0.6) is 5.75 Å². The van der Waals surface area contributed by atoms with E-state index in [9.17, 15) is 0 Å². The lowest BCUT2D eigenvalue weighted by Gasteiger charge is -2.12. The molecule has 0 saturated carbocycles. The standard InChI is InChI=1S/C18H28N6O.HI/c1-14(2)12-25-16-7-5-15(6-8-16)9-10-20-18(19-3)21-11-17-22-13-23-24(17)4;/h5-8,13-14H,9-12H2,1-4H3,(H2,19,20,21);1H. The van der Waals surface area contributed by atoms with E-state index in [0.29, 0.717) is 12.5 Å². The molecule has 1 aromatic carbocycles. The van der Waals surface area contributed by atoms with Crippen LogP contribution in [-0.2, 0) is 20.0 Å². The van der Waals surface area contributed by atoms with Gasteiger partial charge in [-0.25, -0.2) is 4.98 Å². The minimum Gasteiger partial charge on any atom is -0.493 e. The number of halogens is 1. The second-order valence-electron chi connectivity index (χ2n) is 6.25. The van der Waals surface area contributed by atoms with Gasteiger partial charge in [-0.15, -0.1) is 24.0 Å². The molecule has 2 N–H and O–H groups in total. The number of hydrogen-bond acceptors (Lipinski definition) is 4. The lowest BCUT2D eigenvalue weighted by atomic mass is 10.1. The number of aryl methyl sites for hydroxylation is 1. The largest absolute Gasteiger partial charge is 0.493 e. The molecule has 26 heavy (non-hydrogen) atoms. The second-order valence-corrected chi connectivity index (χ2v) is 6.25. The van der Waals surface area contributed by atoms with Gasteiger partial charge >= 0.3 is 0 Å². The highest BCUT2D eigenvalue weighted by Crippen LogP contribution is 2.13. The Labute approximate surface area is 172 Å². The molecule has 0 saturated heterocycles. The highest BCUT2D eigenvalue weighted by atomic mass is 127. The van der Waals surface area contributed by atoms with Gasteiger partial charge in [-0.3, -0.25) is 9.67 Å². The summed E-state index contributed by atoms with van der Waals surface area (Å²) in [6, 6.07) is 8.26. The number of nitrogens with zero attached hydrogens (tertiary/aromatic N) is 4. The number of aliphatic imine (C=N–C) groups is 1. The van der Waals surface area contributed by atoms with Crippen molar-refractivity contribution >= 4 is 29.9 Å². The van der Waals surface area contributed by atoms with Crippen LogP contribution in [0.25, 0.3) is 0 Å². The fraction of sp³-hybridized carbons (Fsp3) is 0.500. The Morgan fingerprint density at radius 2 is 1.96 bits per heavy atom. The molecule has 0 unspecified atom stereocenters. The minimum absolute atomic E-state index is 0. The van der Waals surface area contributed by atoms with Crippen molar-refractivity contribution in [2.24, 2.45) is 18.0 Å². The molecule has 0 bridgehead atoms.